The van der Waals surface area contributed by atoms with Crippen LogP contribution < -0.4 is 11.1 Å². The largest absolute Gasteiger partial charge is 0.380 e. The molecule has 1 aromatic rings. The number of hydrogen-bond donors (Lipinski definition) is 2. The van der Waals surface area contributed by atoms with Crippen molar-refractivity contribution >= 4 is 23.2 Å². The van der Waals surface area contributed by atoms with E-state index in [1.54, 1.807) is 0 Å². The molecule has 0 aromatic heterocycles. The van der Waals surface area contributed by atoms with E-state index in [2.05, 4.69) is 5.32 Å². The van der Waals surface area contributed by atoms with Crippen molar-refractivity contribution in [3.8, 4) is 0 Å². The van der Waals surface area contributed by atoms with E-state index < -0.39 is 5.82 Å². The van der Waals surface area contributed by atoms with Gasteiger partial charge in [-0.05, 0) is 18.2 Å². The molecule has 4 nitrogen and oxygen atoms in total. The molecule has 0 fully saturated rings. The topological polar surface area (TPSA) is 64.3 Å². The van der Waals surface area contributed by atoms with Crippen LogP contribution >= 0.6 is 11.6 Å². The third-order valence-corrected chi connectivity index (χ3v) is 2.45. The SMILES string of the molecule is COC(CN)CC(=O)Nc1ccc(Cl)cc1F. The van der Waals surface area contributed by atoms with Gasteiger partial charge in [0, 0.05) is 18.7 Å². The zero-order valence-corrected chi connectivity index (χ0v) is 10.1. The summed E-state index contributed by atoms with van der Waals surface area (Å²) in [5.41, 5.74) is 5.47. The second-order valence-corrected chi connectivity index (χ2v) is 3.91. The quantitative estimate of drug-likeness (QED) is 0.848. The number of amides is 1. The second-order valence-electron chi connectivity index (χ2n) is 3.47. The highest BCUT2D eigenvalue weighted by atomic mass is 35.5. The molecule has 94 valence electrons. The summed E-state index contributed by atoms with van der Waals surface area (Å²) < 4.78 is 18.3. The van der Waals surface area contributed by atoms with Crippen LogP contribution in [0.15, 0.2) is 18.2 Å². The van der Waals surface area contributed by atoms with Crippen molar-refractivity contribution in [1.82, 2.24) is 0 Å². The van der Waals surface area contributed by atoms with Crippen molar-refractivity contribution in [2.45, 2.75) is 12.5 Å². The Morgan fingerprint density at radius 2 is 2.35 bits per heavy atom. The molecule has 1 aromatic carbocycles. The number of benzene rings is 1. The van der Waals surface area contributed by atoms with Crippen molar-refractivity contribution in [3.05, 3.63) is 29.0 Å². The summed E-state index contributed by atoms with van der Waals surface area (Å²) >= 11 is 5.59. The summed E-state index contributed by atoms with van der Waals surface area (Å²) in [6.07, 6.45) is -0.292. The van der Waals surface area contributed by atoms with Crippen LogP contribution in [0.25, 0.3) is 0 Å². The molecule has 0 aliphatic heterocycles. The Labute approximate surface area is 104 Å². The van der Waals surface area contributed by atoms with Crippen LogP contribution in [0.2, 0.25) is 5.02 Å². The van der Waals surface area contributed by atoms with E-state index >= 15 is 0 Å². The molecule has 17 heavy (non-hydrogen) atoms. The maximum atomic E-state index is 13.4. The van der Waals surface area contributed by atoms with Crippen LogP contribution in [-0.4, -0.2) is 25.7 Å². The van der Waals surface area contributed by atoms with Gasteiger partial charge in [-0.3, -0.25) is 4.79 Å². The van der Waals surface area contributed by atoms with Crippen LogP contribution in [0.3, 0.4) is 0 Å². The predicted octanol–water partition coefficient (Wildman–Crippen LogP) is 1.78. The maximum Gasteiger partial charge on any atom is 0.227 e. The molecule has 0 heterocycles. The molecule has 1 unspecified atom stereocenters. The van der Waals surface area contributed by atoms with E-state index in [-0.39, 0.29) is 35.7 Å². The second kappa shape index (κ2) is 6.54. The number of hydrogen-bond acceptors (Lipinski definition) is 3. The van der Waals surface area contributed by atoms with Gasteiger partial charge in [-0.2, -0.15) is 0 Å². The summed E-state index contributed by atoms with van der Waals surface area (Å²) in [4.78, 5) is 11.5. The molecule has 1 atom stereocenters. The lowest BCUT2D eigenvalue weighted by Crippen LogP contribution is -2.28. The minimum Gasteiger partial charge on any atom is -0.380 e. The Morgan fingerprint density at radius 3 is 2.88 bits per heavy atom. The average Bonchev–Trinajstić information content (AvgIpc) is 2.29. The van der Waals surface area contributed by atoms with Crippen molar-refractivity contribution in [2.75, 3.05) is 19.0 Å². The highest BCUT2D eigenvalue weighted by Gasteiger charge is 2.13. The fourth-order valence-corrected chi connectivity index (χ4v) is 1.42. The number of rotatable bonds is 5. The summed E-state index contributed by atoms with van der Waals surface area (Å²) in [5.74, 6) is -0.934. The molecule has 0 spiro atoms. The van der Waals surface area contributed by atoms with Crippen molar-refractivity contribution in [1.29, 1.82) is 0 Å². The molecule has 0 aliphatic rings. The number of methoxy groups -OCH3 is 1. The summed E-state index contributed by atoms with van der Waals surface area (Å²) in [5, 5.41) is 2.70. The van der Waals surface area contributed by atoms with Crippen LogP contribution in [-0.2, 0) is 9.53 Å². The zero-order valence-electron chi connectivity index (χ0n) is 9.37. The highest BCUT2D eigenvalue weighted by Crippen LogP contribution is 2.19. The standard InChI is InChI=1S/C11H14ClFN2O2/c1-17-8(6-14)5-11(16)15-10-3-2-7(12)4-9(10)13/h2-4,8H,5-6,14H2,1H3,(H,15,16). The van der Waals surface area contributed by atoms with Gasteiger partial charge in [0.25, 0.3) is 0 Å². The lowest BCUT2D eigenvalue weighted by Gasteiger charge is -2.12. The van der Waals surface area contributed by atoms with Crippen molar-refractivity contribution < 1.29 is 13.9 Å². The Hall–Kier alpha value is -1.17. The Morgan fingerprint density at radius 1 is 1.65 bits per heavy atom. The number of anilines is 1. The molecule has 0 radical (unpaired) electrons. The Kier molecular flexibility index (Phi) is 5.34. The molecule has 0 aliphatic carbocycles. The number of halogens is 2. The maximum absolute atomic E-state index is 13.4. The number of nitrogens with two attached hydrogens (primary N) is 1. The molecule has 0 saturated carbocycles. The highest BCUT2D eigenvalue weighted by molar-refractivity contribution is 6.30. The van der Waals surface area contributed by atoms with Gasteiger partial charge in [0.05, 0.1) is 18.2 Å². The van der Waals surface area contributed by atoms with Crippen LogP contribution in [0.1, 0.15) is 6.42 Å². The molecular formula is C11H14ClFN2O2. The van der Waals surface area contributed by atoms with Gasteiger partial charge in [-0.15, -0.1) is 0 Å². The van der Waals surface area contributed by atoms with E-state index in [1.165, 1.54) is 19.2 Å². The minimum absolute atomic E-state index is 0.0784. The first-order chi connectivity index (χ1) is 8.06. The number of nitrogens with one attached hydrogen (secondary N) is 1. The summed E-state index contributed by atoms with van der Waals surface area (Å²) in [6.45, 7) is 0.229. The van der Waals surface area contributed by atoms with Gasteiger partial charge < -0.3 is 15.8 Å². The molecule has 1 rings (SSSR count). The smallest absolute Gasteiger partial charge is 0.227 e. The average molecular weight is 261 g/mol. The minimum atomic E-state index is -0.576. The first kappa shape index (κ1) is 13.9. The van der Waals surface area contributed by atoms with E-state index in [0.717, 1.165) is 6.07 Å². The number of ether oxygens (including phenoxy) is 1. The Bertz CT molecular complexity index is 397. The summed E-state index contributed by atoms with van der Waals surface area (Å²) in [7, 11) is 1.47. The van der Waals surface area contributed by atoms with Crippen LogP contribution in [0.5, 0.6) is 0 Å². The Balaban J connectivity index is 2.62. The van der Waals surface area contributed by atoms with Crippen LogP contribution in [0, 0.1) is 5.82 Å². The van der Waals surface area contributed by atoms with Crippen LogP contribution in [0.4, 0.5) is 10.1 Å². The van der Waals surface area contributed by atoms with Gasteiger partial charge in [0.1, 0.15) is 5.82 Å². The monoisotopic (exact) mass is 260 g/mol. The first-order valence-corrected chi connectivity index (χ1v) is 5.42. The predicted molar refractivity (Wildman–Crippen MR) is 64.5 cm³/mol. The molecular weight excluding hydrogens is 247 g/mol. The molecule has 0 saturated heterocycles. The van der Waals surface area contributed by atoms with Gasteiger partial charge in [-0.1, -0.05) is 11.6 Å². The summed E-state index contributed by atoms with van der Waals surface area (Å²) in [6, 6.07) is 4.03. The lowest BCUT2D eigenvalue weighted by atomic mass is 10.2. The molecule has 0 bridgehead atoms. The van der Waals surface area contributed by atoms with E-state index in [1.807, 2.05) is 0 Å². The van der Waals surface area contributed by atoms with Crippen molar-refractivity contribution in [3.63, 3.8) is 0 Å². The fourth-order valence-electron chi connectivity index (χ4n) is 1.26. The van der Waals surface area contributed by atoms with Gasteiger partial charge in [-0.25, -0.2) is 4.39 Å². The van der Waals surface area contributed by atoms with Gasteiger partial charge >= 0.3 is 0 Å². The fraction of sp³-hybridized carbons (Fsp3) is 0.364. The van der Waals surface area contributed by atoms with E-state index in [9.17, 15) is 9.18 Å². The number of carbonyl (C=O) groups excluding carboxylic acids is 1. The van der Waals surface area contributed by atoms with Crippen molar-refractivity contribution in [2.24, 2.45) is 5.73 Å². The third kappa shape index (κ3) is 4.30. The molecule has 6 heteroatoms. The normalized spacial score (nSPS) is 12.2. The third-order valence-electron chi connectivity index (χ3n) is 2.21. The van der Waals surface area contributed by atoms with E-state index in [4.69, 9.17) is 22.1 Å². The first-order valence-electron chi connectivity index (χ1n) is 5.04. The van der Waals surface area contributed by atoms with Gasteiger partial charge in [0.15, 0.2) is 0 Å². The number of carbonyl (C=O) groups is 1. The lowest BCUT2D eigenvalue weighted by molar-refractivity contribution is -0.118. The van der Waals surface area contributed by atoms with E-state index in [0.29, 0.717) is 0 Å². The molecule has 3 N–H and O–H groups in total. The molecule has 1 amide bonds. The van der Waals surface area contributed by atoms with Gasteiger partial charge in [0.2, 0.25) is 5.91 Å². The zero-order chi connectivity index (χ0) is 12.8.